The average molecular weight is 235 g/mol. The van der Waals surface area contributed by atoms with Gasteiger partial charge in [0.1, 0.15) is 0 Å². The Bertz CT molecular complexity index is 458. The molecule has 0 aliphatic carbocycles. The summed E-state index contributed by atoms with van der Waals surface area (Å²) in [6.45, 7) is 4.32. The van der Waals surface area contributed by atoms with E-state index in [-0.39, 0.29) is 0 Å². The molecule has 66 valence electrons. The molecule has 0 heterocycles. The predicted octanol–water partition coefficient (Wildman–Crippen LogP) is 4.22. The van der Waals surface area contributed by atoms with Gasteiger partial charge in [0.25, 0.3) is 0 Å². The molecule has 2 aromatic carbocycles. The Morgan fingerprint density at radius 1 is 0.923 bits per heavy atom. The summed E-state index contributed by atoms with van der Waals surface area (Å²) in [5, 5.41) is 2.64. The molecule has 0 fully saturated rings. The van der Waals surface area contributed by atoms with Crippen molar-refractivity contribution in [3.8, 4) is 0 Å². The number of aryl methyl sites for hydroxylation is 2. The van der Waals surface area contributed by atoms with Crippen LogP contribution in [-0.4, -0.2) is 0 Å². The van der Waals surface area contributed by atoms with Gasteiger partial charge in [-0.05, 0) is 41.8 Å². The SMILES string of the molecule is Cc1ccc2c(Br)cccc2c1C. The van der Waals surface area contributed by atoms with Crippen LogP contribution in [0.1, 0.15) is 11.1 Å². The number of hydrogen-bond donors (Lipinski definition) is 0. The lowest BCUT2D eigenvalue weighted by Crippen LogP contribution is -1.83. The number of benzene rings is 2. The number of halogens is 1. The molecule has 0 saturated heterocycles. The molecule has 0 spiro atoms. The fraction of sp³-hybridized carbons (Fsp3) is 0.167. The van der Waals surface area contributed by atoms with Crippen LogP contribution < -0.4 is 0 Å². The van der Waals surface area contributed by atoms with Crippen LogP contribution in [-0.2, 0) is 0 Å². The second-order valence-corrected chi connectivity index (χ2v) is 4.20. The Labute approximate surface area is 86.7 Å². The minimum Gasteiger partial charge on any atom is -0.0605 e. The van der Waals surface area contributed by atoms with Crippen molar-refractivity contribution in [3.63, 3.8) is 0 Å². The van der Waals surface area contributed by atoms with E-state index in [0.717, 1.165) is 0 Å². The maximum absolute atomic E-state index is 3.56. The number of hydrogen-bond acceptors (Lipinski definition) is 0. The van der Waals surface area contributed by atoms with Crippen molar-refractivity contribution in [1.29, 1.82) is 0 Å². The smallest absolute Gasteiger partial charge is 0.0253 e. The molecule has 1 heteroatoms. The van der Waals surface area contributed by atoms with Crippen molar-refractivity contribution in [1.82, 2.24) is 0 Å². The van der Waals surface area contributed by atoms with Gasteiger partial charge in [0.15, 0.2) is 0 Å². The van der Waals surface area contributed by atoms with Crippen LogP contribution in [0.4, 0.5) is 0 Å². The van der Waals surface area contributed by atoms with Gasteiger partial charge < -0.3 is 0 Å². The van der Waals surface area contributed by atoms with E-state index in [0.29, 0.717) is 0 Å². The van der Waals surface area contributed by atoms with Crippen molar-refractivity contribution in [2.45, 2.75) is 13.8 Å². The first kappa shape index (κ1) is 8.76. The largest absolute Gasteiger partial charge is 0.0605 e. The van der Waals surface area contributed by atoms with E-state index in [1.807, 2.05) is 0 Å². The van der Waals surface area contributed by atoms with E-state index in [9.17, 15) is 0 Å². The molecule has 0 saturated carbocycles. The van der Waals surface area contributed by atoms with E-state index in [1.165, 1.54) is 26.4 Å². The van der Waals surface area contributed by atoms with Crippen molar-refractivity contribution in [2.75, 3.05) is 0 Å². The molecule has 0 aliphatic heterocycles. The van der Waals surface area contributed by atoms with Crippen LogP contribution in [0.15, 0.2) is 34.8 Å². The minimum atomic E-state index is 1.17. The Balaban J connectivity index is 2.94. The highest BCUT2D eigenvalue weighted by Gasteiger charge is 2.01. The zero-order valence-electron chi connectivity index (χ0n) is 7.76. The Kier molecular flexibility index (Phi) is 2.12. The molecule has 0 unspecified atom stereocenters. The molecule has 0 atom stereocenters. The van der Waals surface area contributed by atoms with Crippen molar-refractivity contribution in [3.05, 3.63) is 45.9 Å². The molecule has 0 N–H and O–H groups in total. The topological polar surface area (TPSA) is 0 Å². The highest BCUT2D eigenvalue weighted by atomic mass is 79.9. The summed E-state index contributed by atoms with van der Waals surface area (Å²) in [4.78, 5) is 0. The maximum Gasteiger partial charge on any atom is 0.0253 e. The van der Waals surface area contributed by atoms with Gasteiger partial charge in [-0.15, -0.1) is 0 Å². The van der Waals surface area contributed by atoms with Gasteiger partial charge in [-0.1, -0.05) is 40.2 Å². The molecule has 0 nitrogen and oxygen atoms in total. The first-order valence-electron chi connectivity index (χ1n) is 4.34. The number of fused-ring (bicyclic) bond motifs is 1. The summed E-state index contributed by atoms with van der Waals surface area (Å²) in [6, 6.07) is 10.7. The Hall–Kier alpha value is -0.820. The van der Waals surface area contributed by atoms with Crippen molar-refractivity contribution >= 4 is 26.7 Å². The standard InChI is InChI=1S/C12H11Br/c1-8-6-7-11-10(9(8)2)4-3-5-12(11)13/h3-7H,1-2H3. The van der Waals surface area contributed by atoms with E-state index in [2.05, 4.69) is 60.1 Å². The normalized spacial score (nSPS) is 10.7. The van der Waals surface area contributed by atoms with Gasteiger partial charge >= 0.3 is 0 Å². The van der Waals surface area contributed by atoms with Crippen LogP contribution >= 0.6 is 15.9 Å². The van der Waals surface area contributed by atoms with Gasteiger partial charge in [0, 0.05) is 4.47 Å². The summed E-state index contributed by atoms with van der Waals surface area (Å²) < 4.78 is 1.17. The third kappa shape index (κ3) is 1.37. The van der Waals surface area contributed by atoms with Crippen LogP contribution in [0.5, 0.6) is 0 Å². The van der Waals surface area contributed by atoms with E-state index in [1.54, 1.807) is 0 Å². The van der Waals surface area contributed by atoms with Crippen molar-refractivity contribution < 1.29 is 0 Å². The van der Waals surface area contributed by atoms with Crippen molar-refractivity contribution in [2.24, 2.45) is 0 Å². The maximum atomic E-state index is 3.56. The summed E-state index contributed by atoms with van der Waals surface area (Å²) in [5.74, 6) is 0. The molecule has 2 aromatic rings. The van der Waals surface area contributed by atoms with Crippen LogP contribution in [0.25, 0.3) is 10.8 Å². The van der Waals surface area contributed by atoms with E-state index < -0.39 is 0 Å². The Morgan fingerprint density at radius 2 is 1.69 bits per heavy atom. The second kappa shape index (κ2) is 3.15. The first-order chi connectivity index (χ1) is 6.20. The molecule has 0 aliphatic rings. The lowest BCUT2D eigenvalue weighted by atomic mass is 10.0. The highest BCUT2D eigenvalue weighted by Crippen LogP contribution is 2.27. The van der Waals surface area contributed by atoms with Crippen LogP contribution in [0, 0.1) is 13.8 Å². The first-order valence-corrected chi connectivity index (χ1v) is 5.14. The lowest BCUT2D eigenvalue weighted by Gasteiger charge is -2.06. The van der Waals surface area contributed by atoms with E-state index in [4.69, 9.17) is 0 Å². The van der Waals surface area contributed by atoms with Gasteiger partial charge in [-0.3, -0.25) is 0 Å². The zero-order chi connectivity index (χ0) is 9.42. The highest BCUT2D eigenvalue weighted by molar-refractivity contribution is 9.10. The summed E-state index contributed by atoms with van der Waals surface area (Å²) in [6.07, 6.45) is 0. The second-order valence-electron chi connectivity index (χ2n) is 3.34. The van der Waals surface area contributed by atoms with Crippen LogP contribution in [0.3, 0.4) is 0 Å². The monoisotopic (exact) mass is 234 g/mol. The molecule has 0 amide bonds. The van der Waals surface area contributed by atoms with Crippen LogP contribution in [0.2, 0.25) is 0 Å². The summed E-state index contributed by atoms with van der Waals surface area (Å²) in [5.41, 5.74) is 2.73. The molecule has 13 heavy (non-hydrogen) atoms. The summed E-state index contributed by atoms with van der Waals surface area (Å²) in [7, 11) is 0. The lowest BCUT2D eigenvalue weighted by molar-refractivity contribution is 1.38. The fourth-order valence-electron chi connectivity index (χ4n) is 1.58. The molecule has 0 bridgehead atoms. The number of rotatable bonds is 0. The molecular formula is C12H11Br. The third-order valence-corrected chi connectivity index (χ3v) is 3.24. The third-order valence-electron chi connectivity index (χ3n) is 2.55. The molecule has 2 rings (SSSR count). The van der Waals surface area contributed by atoms with Gasteiger partial charge in [0.2, 0.25) is 0 Å². The van der Waals surface area contributed by atoms with Gasteiger partial charge in [-0.25, -0.2) is 0 Å². The molecule has 0 radical (unpaired) electrons. The van der Waals surface area contributed by atoms with Gasteiger partial charge in [0.05, 0.1) is 0 Å². The predicted molar refractivity (Wildman–Crippen MR) is 61.1 cm³/mol. The van der Waals surface area contributed by atoms with Gasteiger partial charge in [-0.2, -0.15) is 0 Å². The Morgan fingerprint density at radius 3 is 2.46 bits per heavy atom. The minimum absolute atomic E-state index is 1.17. The zero-order valence-corrected chi connectivity index (χ0v) is 9.35. The molecular weight excluding hydrogens is 224 g/mol. The van der Waals surface area contributed by atoms with E-state index >= 15 is 0 Å². The average Bonchev–Trinajstić information content (AvgIpc) is 2.12. The molecule has 0 aromatic heterocycles. The summed E-state index contributed by atoms with van der Waals surface area (Å²) >= 11 is 3.56. The fourth-order valence-corrected chi connectivity index (χ4v) is 2.08. The quantitative estimate of drug-likeness (QED) is 0.641.